The van der Waals surface area contributed by atoms with Crippen LogP contribution in [0.25, 0.3) is 0 Å². The predicted octanol–water partition coefficient (Wildman–Crippen LogP) is 2.23. The number of para-hydroxylation sites is 1. The number of ether oxygens (including phenoxy) is 1. The van der Waals surface area contributed by atoms with E-state index >= 15 is 0 Å². The second-order valence-corrected chi connectivity index (χ2v) is 4.22. The van der Waals surface area contributed by atoms with Crippen LogP contribution in [0.1, 0.15) is 24.2 Å². The molecule has 3 N–H and O–H groups in total. The summed E-state index contributed by atoms with van der Waals surface area (Å²) in [6.07, 6.45) is 2.51. The summed E-state index contributed by atoms with van der Waals surface area (Å²) in [6, 6.07) is 13.8. The molecule has 1 unspecified atom stereocenters. The molecule has 4 nitrogen and oxygen atoms in total. The number of nitrogens with one attached hydrogen (secondary N) is 1. The van der Waals surface area contributed by atoms with Crippen LogP contribution in [-0.4, -0.2) is 11.6 Å². The number of hydrogen-bond donors (Lipinski definition) is 2. The molecule has 1 aromatic heterocycles. The number of benzene rings is 1. The van der Waals surface area contributed by atoms with Gasteiger partial charge in [-0.15, -0.1) is 0 Å². The molecule has 0 aliphatic carbocycles. The van der Waals surface area contributed by atoms with Gasteiger partial charge in [0.25, 0.3) is 0 Å². The van der Waals surface area contributed by atoms with Gasteiger partial charge in [0.05, 0.1) is 12.6 Å². The van der Waals surface area contributed by atoms with Crippen LogP contribution in [0.2, 0.25) is 0 Å². The third-order valence-electron chi connectivity index (χ3n) is 2.93. The minimum atomic E-state index is -0.0161. The highest BCUT2D eigenvalue weighted by atomic mass is 16.5. The zero-order valence-electron chi connectivity index (χ0n) is 11.0. The molecule has 0 amide bonds. The lowest BCUT2D eigenvalue weighted by molar-refractivity contribution is 0.331. The van der Waals surface area contributed by atoms with E-state index < -0.39 is 0 Å². The van der Waals surface area contributed by atoms with Crippen molar-refractivity contribution in [3.05, 3.63) is 59.9 Å². The van der Waals surface area contributed by atoms with Crippen molar-refractivity contribution in [3.8, 4) is 5.75 Å². The third kappa shape index (κ3) is 3.53. The Morgan fingerprint density at radius 1 is 1.21 bits per heavy atom. The Kier molecular flexibility index (Phi) is 4.89. The van der Waals surface area contributed by atoms with Crippen molar-refractivity contribution < 1.29 is 4.74 Å². The minimum Gasteiger partial charge on any atom is -0.494 e. The summed E-state index contributed by atoms with van der Waals surface area (Å²) >= 11 is 0. The van der Waals surface area contributed by atoms with E-state index in [1.165, 1.54) is 0 Å². The van der Waals surface area contributed by atoms with Crippen molar-refractivity contribution in [2.45, 2.75) is 19.4 Å². The van der Waals surface area contributed by atoms with Crippen molar-refractivity contribution in [2.75, 3.05) is 6.61 Å². The lowest BCUT2D eigenvalue weighted by Gasteiger charge is -2.19. The monoisotopic (exact) mass is 257 g/mol. The molecule has 0 saturated carbocycles. The normalized spacial score (nSPS) is 12.1. The molecular formula is C15H19N3O. The largest absolute Gasteiger partial charge is 0.494 e. The first-order valence-corrected chi connectivity index (χ1v) is 6.43. The highest BCUT2D eigenvalue weighted by Gasteiger charge is 2.15. The van der Waals surface area contributed by atoms with Gasteiger partial charge < -0.3 is 4.74 Å². The van der Waals surface area contributed by atoms with Gasteiger partial charge in [0.15, 0.2) is 0 Å². The lowest BCUT2D eigenvalue weighted by atomic mass is 10.0. The van der Waals surface area contributed by atoms with Gasteiger partial charge in [-0.2, -0.15) is 0 Å². The SMILES string of the molecule is CCOc1ccccc1C(Cc1ccccn1)NN. The van der Waals surface area contributed by atoms with E-state index in [1.54, 1.807) is 6.20 Å². The van der Waals surface area contributed by atoms with Crippen molar-refractivity contribution >= 4 is 0 Å². The molecule has 0 aliphatic rings. The van der Waals surface area contributed by atoms with Crippen molar-refractivity contribution in [1.82, 2.24) is 10.4 Å². The lowest BCUT2D eigenvalue weighted by Crippen LogP contribution is -2.30. The number of hydrogen-bond acceptors (Lipinski definition) is 4. The van der Waals surface area contributed by atoms with Gasteiger partial charge in [-0.05, 0) is 25.1 Å². The van der Waals surface area contributed by atoms with Crippen LogP contribution in [0.15, 0.2) is 48.7 Å². The van der Waals surface area contributed by atoms with Gasteiger partial charge in [-0.1, -0.05) is 24.3 Å². The average molecular weight is 257 g/mol. The minimum absolute atomic E-state index is 0.0161. The van der Waals surface area contributed by atoms with Crippen molar-refractivity contribution in [2.24, 2.45) is 5.84 Å². The van der Waals surface area contributed by atoms with E-state index in [1.807, 2.05) is 49.4 Å². The van der Waals surface area contributed by atoms with Crippen LogP contribution in [0.3, 0.4) is 0 Å². The number of aromatic nitrogens is 1. The molecule has 0 bridgehead atoms. The van der Waals surface area contributed by atoms with Crippen LogP contribution >= 0.6 is 0 Å². The van der Waals surface area contributed by atoms with E-state index in [0.29, 0.717) is 6.61 Å². The van der Waals surface area contributed by atoms with E-state index in [4.69, 9.17) is 10.6 Å². The second-order valence-electron chi connectivity index (χ2n) is 4.22. The van der Waals surface area contributed by atoms with E-state index in [-0.39, 0.29) is 6.04 Å². The molecule has 2 rings (SSSR count). The van der Waals surface area contributed by atoms with Gasteiger partial charge in [-0.25, -0.2) is 0 Å². The number of rotatable bonds is 6. The van der Waals surface area contributed by atoms with Gasteiger partial charge in [-0.3, -0.25) is 16.3 Å². The molecule has 0 fully saturated rings. The van der Waals surface area contributed by atoms with Crippen LogP contribution in [0.5, 0.6) is 5.75 Å². The predicted molar refractivity (Wildman–Crippen MR) is 75.6 cm³/mol. The molecule has 19 heavy (non-hydrogen) atoms. The average Bonchev–Trinajstić information content (AvgIpc) is 2.47. The standard InChI is InChI=1S/C15H19N3O/c1-2-19-15-9-4-3-8-13(15)14(18-16)11-12-7-5-6-10-17-12/h3-10,14,18H,2,11,16H2,1H3. The van der Waals surface area contributed by atoms with Gasteiger partial charge in [0, 0.05) is 23.9 Å². The highest BCUT2D eigenvalue weighted by molar-refractivity contribution is 5.36. The summed E-state index contributed by atoms with van der Waals surface area (Å²) in [6.45, 7) is 2.61. The summed E-state index contributed by atoms with van der Waals surface area (Å²) < 4.78 is 5.64. The first-order valence-electron chi connectivity index (χ1n) is 6.43. The molecule has 0 aliphatic heterocycles. The Morgan fingerprint density at radius 3 is 2.68 bits per heavy atom. The maximum Gasteiger partial charge on any atom is 0.124 e. The van der Waals surface area contributed by atoms with E-state index in [0.717, 1.165) is 23.4 Å². The Balaban J connectivity index is 2.22. The molecule has 0 saturated heterocycles. The van der Waals surface area contributed by atoms with Crippen LogP contribution in [-0.2, 0) is 6.42 Å². The summed E-state index contributed by atoms with van der Waals surface area (Å²) in [5, 5.41) is 0. The van der Waals surface area contributed by atoms with E-state index in [9.17, 15) is 0 Å². The summed E-state index contributed by atoms with van der Waals surface area (Å²) in [4.78, 5) is 4.33. The van der Waals surface area contributed by atoms with Crippen LogP contribution < -0.4 is 16.0 Å². The first kappa shape index (κ1) is 13.5. The molecule has 1 aromatic carbocycles. The van der Waals surface area contributed by atoms with E-state index in [2.05, 4.69) is 10.4 Å². The second kappa shape index (κ2) is 6.87. The Bertz CT molecular complexity index is 502. The summed E-state index contributed by atoms with van der Waals surface area (Å²) in [5.41, 5.74) is 4.90. The number of pyridine rings is 1. The Labute approximate surface area is 113 Å². The number of nitrogens with zero attached hydrogens (tertiary/aromatic N) is 1. The van der Waals surface area contributed by atoms with Crippen molar-refractivity contribution in [1.29, 1.82) is 0 Å². The van der Waals surface area contributed by atoms with Gasteiger partial charge in [0.2, 0.25) is 0 Å². The third-order valence-corrected chi connectivity index (χ3v) is 2.93. The quantitative estimate of drug-likeness (QED) is 0.615. The fourth-order valence-corrected chi connectivity index (χ4v) is 2.04. The summed E-state index contributed by atoms with van der Waals surface area (Å²) in [5.74, 6) is 6.55. The molecule has 1 heterocycles. The molecule has 100 valence electrons. The summed E-state index contributed by atoms with van der Waals surface area (Å²) in [7, 11) is 0. The highest BCUT2D eigenvalue weighted by Crippen LogP contribution is 2.26. The maximum absolute atomic E-state index is 5.68. The van der Waals surface area contributed by atoms with Crippen LogP contribution in [0.4, 0.5) is 0 Å². The zero-order valence-corrected chi connectivity index (χ0v) is 11.0. The molecule has 0 spiro atoms. The smallest absolute Gasteiger partial charge is 0.124 e. The Hall–Kier alpha value is -1.91. The maximum atomic E-state index is 5.68. The molecule has 1 atom stereocenters. The van der Waals surface area contributed by atoms with Crippen molar-refractivity contribution in [3.63, 3.8) is 0 Å². The molecular weight excluding hydrogens is 238 g/mol. The Morgan fingerprint density at radius 2 is 2.00 bits per heavy atom. The number of hydrazine groups is 1. The molecule has 0 radical (unpaired) electrons. The zero-order chi connectivity index (χ0) is 13.5. The first-order chi connectivity index (χ1) is 9.35. The van der Waals surface area contributed by atoms with Crippen LogP contribution in [0, 0.1) is 0 Å². The molecule has 4 heteroatoms. The topological polar surface area (TPSA) is 60.2 Å². The van der Waals surface area contributed by atoms with Gasteiger partial charge >= 0.3 is 0 Å². The number of nitrogens with two attached hydrogens (primary N) is 1. The molecule has 2 aromatic rings. The fourth-order valence-electron chi connectivity index (χ4n) is 2.04. The van der Waals surface area contributed by atoms with Gasteiger partial charge in [0.1, 0.15) is 5.75 Å². The fraction of sp³-hybridized carbons (Fsp3) is 0.267.